The van der Waals surface area contributed by atoms with Crippen molar-refractivity contribution in [2.24, 2.45) is 0 Å². The highest BCUT2D eigenvalue weighted by molar-refractivity contribution is 5.98. The van der Waals surface area contributed by atoms with Gasteiger partial charge < -0.3 is 14.6 Å². The minimum absolute atomic E-state index is 0.167. The molecular weight excluding hydrogens is 316 g/mol. The number of likely N-dealkylation sites (tertiary alicyclic amines) is 1. The summed E-state index contributed by atoms with van der Waals surface area (Å²) in [5.41, 5.74) is 3.68. The Kier molecular flexibility index (Phi) is 4.93. The SMILES string of the molecule is Cc1cc(C(=O)N2CCCCC2C(=O)O)c(C)n1Cc1ccccc1. The van der Waals surface area contributed by atoms with Gasteiger partial charge in [-0.05, 0) is 44.7 Å². The molecule has 1 atom stereocenters. The van der Waals surface area contributed by atoms with Crippen LogP contribution in [0.1, 0.15) is 46.6 Å². The van der Waals surface area contributed by atoms with Gasteiger partial charge in [-0.25, -0.2) is 4.79 Å². The van der Waals surface area contributed by atoms with Crippen molar-refractivity contribution in [2.75, 3.05) is 6.54 Å². The topological polar surface area (TPSA) is 62.5 Å². The van der Waals surface area contributed by atoms with Gasteiger partial charge in [-0.3, -0.25) is 4.79 Å². The zero-order valence-electron chi connectivity index (χ0n) is 14.7. The monoisotopic (exact) mass is 340 g/mol. The molecule has 2 aromatic rings. The molecule has 0 bridgehead atoms. The molecule has 1 aliphatic heterocycles. The lowest BCUT2D eigenvalue weighted by Crippen LogP contribution is -2.48. The van der Waals surface area contributed by atoms with E-state index in [4.69, 9.17) is 0 Å². The van der Waals surface area contributed by atoms with Crippen LogP contribution in [0.4, 0.5) is 0 Å². The third kappa shape index (κ3) is 3.45. The number of aromatic nitrogens is 1. The fourth-order valence-electron chi connectivity index (χ4n) is 3.61. The Morgan fingerprint density at radius 3 is 2.56 bits per heavy atom. The number of benzene rings is 1. The molecule has 1 N–H and O–H groups in total. The quantitative estimate of drug-likeness (QED) is 0.929. The van der Waals surface area contributed by atoms with Crippen LogP contribution in [0.3, 0.4) is 0 Å². The third-order valence-electron chi connectivity index (χ3n) is 5.04. The molecule has 1 unspecified atom stereocenters. The number of hydrogen-bond acceptors (Lipinski definition) is 2. The van der Waals surface area contributed by atoms with Crippen molar-refractivity contribution in [3.8, 4) is 0 Å². The molecule has 3 rings (SSSR count). The zero-order chi connectivity index (χ0) is 18.0. The number of carbonyl (C=O) groups is 2. The molecular formula is C20H24N2O3. The zero-order valence-corrected chi connectivity index (χ0v) is 14.7. The molecule has 1 aromatic heterocycles. The summed E-state index contributed by atoms with van der Waals surface area (Å²) in [5, 5.41) is 9.43. The lowest BCUT2D eigenvalue weighted by Gasteiger charge is -2.33. The largest absolute Gasteiger partial charge is 0.480 e. The fourth-order valence-corrected chi connectivity index (χ4v) is 3.61. The van der Waals surface area contributed by atoms with Crippen LogP contribution in [0.15, 0.2) is 36.4 Å². The summed E-state index contributed by atoms with van der Waals surface area (Å²) in [6.07, 6.45) is 2.25. The van der Waals surface area contributed by atoms with Crippen LogP contribution in [-0.4, -0.2) is 39.0 Å². The molecule has 0 radical (unpaired) electrons. The van der Waals surface area contributed by atoms with Crippen LogP contribution in [0, 0.1) is 13.8 Å². The number of rotatable bonds is 4. The molecule has 5 nitrogen and oxygen atoms in total. The van der Waals surface area contributed by atoms with Gasteiger partial charge in [0.15, 0.2) is 0 Å². The maximum Gasteiger partial charge on any atom is 0.326 e. The molecule has 1 fully saturated rings. The van der Waals surface area contributed by atoms with Crippen molar-refractivity contribution < 1.29 is 14.7 Å². The standard InChI is InChI=1S/C20H24N2O3/c1-14-12-17(15(2)22(14)13-16-8-4-3-5-9-16)19(23)21-11-7-6-10-18(21)20(24)25/h3-5,8-9,12,18H,6-7,10-11,13H2,1-2H3,(H,24,25). The summed E-state index contributed by atoms with van der Waals surface area (Å²) in [7, 11) is 0. The van der Waals surface area contributed by atoms with E-state index < -0.39 is 12.0 Å². The average molecular weight is 340 g/mol. The summed E-state index contributed by atoms with van der Waals surface area (Å²) in [4.78, 5) is 26.0. The van der Waals surface area contributed by atoms with Gasteiger partial charge in [0.1, 0.15) is 6.04 Å². The first-order valence-electron chi connectivity index (χ1n) is 8.73. The van der Waals surface area contributed by atoms with E-state index in [1.807, 2.05) is 38.1 Å². The first kappa shape index (κ1) is 17.3. The highest BCUT2D eigenvalue weighted by atomic mass is 16.4. The Bertz CT molecular complexity index is 780. The smallest absolute Gasteiger partial charge is 0.326 e. The summed E-state index contributed by atoms with van der Waals surface area (Å²) < 4.78 is 2.11. The predicted octanol–water partition coefficient (Wildman–Crippen LogP) is 3.23. The lowest BCUT2D eigenvalue weighted by atomic mass is 10.0. The van der Waals surface area contributed by atoms with Gasteiger partial charge >= 0.3 is 5.97 Å². The van der Waals surface area contributed by atoms with Crippen LogP contribution >= 0.6 is 0 Å². The molecule has 1 aliphatic rings. The fraction of sp³-hybridized carbons (Fsp3) is 0.400. The van der Waals surface area contributed by atoms with Gasteiger partial charge in [-0.15, -0.1) is 0 Å². The molecule has 0 spiro atoms. The van der Waals surface area contributed by atoms with Crippen molar-refractivity contribution in [2.45, 2.75) is 45.7 Å². The number of carbonyl (C=O) groups excluding carboxylic acids is 1. The van der Waals surface area contributed by atoms with E-state index in [-0.39, 0.29) is 5.91 Å². The summed E-state index contributed by atoms with van der Waals surface area (Å²) in [6.45, 7) is 5.13. The maximum absolute atomic E-state index is 13.0. The number of hydrogen-bond donors (Lipinski definition) is 1. The van der Waals surface area contributed by atoms with Crippen LogP contribution in [0.25, 0.3) is 0 Å². The van der Waals surface area contributed by atoms with Gasteiger partial charge in [0.2, 0.25) is 0 Å². The number of nitrogens with zero attached hydrogens (tertiary/aromatic N) is 2. The van der Waals surface area contributed by atoms with Crippen LogP contribution in [0.2, 0.25) is 0 Å². The average Bonchev–Trinajstić information content (AvgIpc) is 2.90. The molecule has 1 amide bonds. The second kappa shape index (κ2) is 7.13. The van der Waals surface area contributed by atoms with E-state index in [9.17, 15) is 14.7 Å². The van der Waals surface area contributed by atoms with Crippen molar-refractivity contribution in [1.82, 2.24) is 9.47 Å². The lowest BCUT2D eigenvalue weighted by molar-refractivity contribution is -0.143. The first-order chi connectivity index (χ1) is 12.0. The number of aliphatic carboxylic acids is 1. The van der Waals surface area contributed by atoms with Gasteiger partial charge in [0, 0.05) is 24.5 Å². The minimum atomic E-state index is -0.911. The van der Waals surface area contributed by atoms with E-state index in [1.165, 1.54) is 10.5 Å². The number of carboxylic acids is 1. The van der Waals surface area contributed by atoms with Gasteiger partial charge in [0.05, 0.1) is 5.56 Å². The summed E-state index contributed by atoms with van der Waals surface area (Å²) in [6, 6.07) is 11.3. The van der Waals surface area contributed by atoms with Crippen LogP contribution in [-0.2, 0) is 11.3 Å². The van der Waals surface area contributed by atoms with Crippen molar-refractivity contribution >= 4 is 11.9 Å². The van der Waals surface area contributed by atoms with Crippen molar-refractivity contribution in [3.05, 3.63) is 58.9 Å². The summed E-state index contributed by atoms with van der Waals surface area (Å²) >= 11 is 0. The number of piperidine rings is 1. The highest BCUT2D eigenvalue weighted by Gasteiger charge is 2.33. The Balaban J connectivity index is 1.88. The molecule has 132 valence electrons. The summed E-state index contributed by atoms with van der Waals surface area (Å²) in [5.74, 6) is -1.08. The van der Waals surface area contributed by atoms with Crippen molar-refractivity contribution in [1.29, 1.82) is 0 Å². The molecule has 1 saturated heterocycles. The van der Waals surface area contributed by atoms with Crippen molar-refractivity contribution in [3.63, 3.8) is 0 Å². The number of aryl methyl sites for hydroxylation is 1. The normalized spacial score (nSPS) is 17.5. The van der Waals surface area contributed by atoms with Gasteiger partial charge in [0.25, 0.3) is 5.91 Å². The molecule has 25 heavy (non-hydrogen) atoms. The Morgan fingerprint density at radius 1 is 1.16 bits per heavy atom. The Morgan fingerprint density at radius 2 is 1.88 bits per heavy atom. The van der Waals surface area contributed by atoms with E-state index in [2.05, 4.69) is 16.7 Å². The molecule has 0 saturated carbocycles. The second-order valence-corrected chi connectivity index (χ2v) is 6.70. The number of amides is 1. The predicted molar refractivity (Wildman–Crippen MR) is 95.8 cm³/mol. The van der Waals surface area contributed by atoms with Gasteiger partial charge in [-0.1, -0.05) is 30.3 Å². The van der Waals surface area contributed by atoms with E-state index in [0.717, 1.165) is 24.2 Å². The Labute approximate surface area is 147 Å². The molecule has 1 aromatic carbocycles. The number of carboxylic acid groups (broad SMARTS) is 1. The van der Waals surface area contributed by atoms with Crippen LogP contribution < -0.4 is 0 Å². The minimum Gasteiger partial charge on any atom is -0.480 e. The van der Waals surface area contributed by atoms with Gasteiger partial charge in [-0.2, -0.15) is 0 Å². The maximum atomic E-state index is 13.0. The molecule has 2 heterocycles. The first-order valence-corrected chi connectivity index (χ1v) is 8.73. The van der Waals surface area contributed by atoms with Crippen LogP contribution in [0.5, 0.6) is 0 Å². The third-order valence-corrected chi connectivity index (χ3v) is 5.04. The van der Waals surface area contributed by atoms with E-state index >= 15 is 0 Å². The Hall–Kier alpha value is -2.56. The molecule has 5 heteroatoms. The molecule has 0 aliphatic carbocycles. The van der Waals surface area contributed by atoms with E-state index in [0.29, 0.717) is 25.1 Å². The second-order valence-electron chi connectivity index (χ2n) is 6.70. The highest BCUT2D eigenvalue weighted by Crippen LogP contribution is 2.24. The van der Waals surface area contributed by atoms with E-state index in [1.54, 1.807) is 0 Å².